The van der Waals surface area contributed by atoms with Gasteiger partial charge in [0.05, 0.1) is 0 Å². The van der Waals surface area contributed by atoms with Crippen LogP contribution in [0.25, 0.3) is 0 Å². The van der Waals surface area contributed by atoms with Crippen molar-refractivity contribution >= 4 is 5.97 Å². The number of hydrogen-bond acceptors (Lipinski definition) is 7. The number of carbonyl (C=O) groups is 1. The molecule has 2 aliphatic rings. The third-order valence-corrected chi connectivity index (χ3v) is 6.33. The van der Waals surface area contributed by atoms with E-state index in [0.717, 1.165) is 19.3 Å². The monoisotopic (exact) mass is 458 g/mol. The van der Waals surface area contributed by atoms with Crippen molar-refractivity contribution in [2.75, 3.05) is 6.61 Å². The number of aliphatic hydroxyl groups excluding tert-OH is 2. The molecule has 0 aliphatic carbocycles. The Hall–Kier alpha value is -0.730. The van der Waals surface area contributed by atoms with E-state index in [4.69, 9.17) is 18.9 Å². The van der Waals surface area contributed by atoms with Gasteiger partial charge >= 0.3 is 5.97 Å². The predicted octanol–water partition coefficient (Wildman–Crippen LogP) is 4.61. The summed E-state index contributed by atoms with van der Waals surface area (Å²) in [6, 6.07) is 0. The first kappa shape index (κ1) is 27.5. The average molecular weight is 459 g/mol. The lowest BCUT2D eigenvalue weighted by molar-refractivity contribution is -0.228. The highest BCUT2D eigenvalue weighted by Crippen LogP contribution is 2.38. The van der Waals surface area contributed by atoms with E-state index in [1.165, 1.54) is 64.2 Å². The van der Waals surface area contributed by atoms with Crippen molar-refractivity contribution in [3.8, 4) is 0 Å². The van der Waals surface area contributed by atoms with E-state index in [2.05, 4.69) is 6.92 Å². The maximum atomic E-state index is 11.9. The van der Waals surface area contributed by atoms with Crippen molar-refractivity contribution in [2.45, 2.75) is 147 Å². The van der Waals surface area contributed by atoms with Crippen LogP contribution in [0.3, 0.4) is 0 Å². The molecule has 2 saturated heterocycles. The molecule has 5 atom stereocenters. The Bertz CT molecular complexity index is 524. The van der Waals surface area contributed by atoms with Crippen LogP contribution >= 0.6 is 0 Å². The van der Waals surface area contributed by atoms with Crippen molar-refractivity contribution in [3.63, 3.8) is 0 Å². The van der Waals surface area contributed by atoms with Crippen LogP contribution < -0.4 is 0 Å². The molecule has 0 bridgehead atoms. The van der Waals surface area contributed by atoms with E-state index >= 15 is 0 Å². The molecule has 0 amide bonds. The largest absolute Gasteiger partial charge is 0.463 e. The predicted molar refractivity (Wildman–Crippen MR) is 122 cm³/mol. The van der Waals surface area contributed by atoms with Crippen LogP contribution in [0.15, 0.2) is 0 Å². The van der Waals surface area contributed by atoms with Gasteiger partial charge in [0, 0.05) is 6.42 Å². The molecule has 0 saturated carbocycles. The molecule has 2 heterocycles. The van der Waals surface area contributed by atoms with Crippen LogP contribution in [-0.4, -0.2) is 59.3 Å². The van der Waals surface area contributed by atoms with Crippen molar-refractivity contribution in [3.05, 3.63) is 0 Å². The summed E-state index contributed by atoms with van der Waals surface area (Å²) in [5.74, 6) is -1.15. The highest BCUT2D eigenvalue weighted by molar-refractivity contribution is 5.69. The standard InChI is InChI=1S/C25H46O7/c1-4-5-6-7-8-9-10-11-12-13-14-15-16-17-20(27)29-18-19(26)22-21(28)23-24(30-22)32-25(2,3)31-23/h19,21-24,26,28H,4-18H2,1-3H3/t19-,21+,22-,23-,24-/m1/s1. The zero-order chi connectivity index (χ0) is 23.4. The molecule has 2 rings (SSSR count). The topological polar surface area (TPSA) is 94.5 Å². The molecule has 2 N–H and O–H groups in total. The van der Waals surface area contributed by atoms with Gasteiger partial charge in [0.2, 0.25) is 0 Å². The molecule has 0 aromatic carbocycles. The molecular weight excluding hydrogens is 412 g/mol. The molecule has 2 aliphatic heterocycles. The summed E-state index contributed by atoms with van der Waals surface area (Å²) in [6.45, 7) is 5.53. The van der Waals surface area contributed by atoms with Gasteiger partial charge in [-0.2, -0.15) is 0 Å². The lowest BCUT2D eigenvalue weighted by Crippen LogP contribution is -2.43. The summed E-state index contributed by atoms with van der Waals surface area (Å²) in [5, 5.41) is 20.6. The van der Waals surface area contributed by atoms with E-state index in [0.29, 0.717) is 6.42 Å². The minimum absolute atomic E-state index is 0.207. The molecule has 7 heteroatoms. The molecule has 188 valence electrons. The van der Waals surface area contributed by atoms with Gasteiger partial charge in [0.25, 0.3) is 0 Å². The second-order valence-electron chi connectivity index (χ2n) is 9.80. The third-order valence-electron chi connectivity index (χ3n) is 6.33. The number of rotatable bonds is 17. The summed E-state index contributed by atoms with van der Waals surface area (Å²) in [7, 11) is 0. The zero-order valence-corrected chi connectivity index (χ0v) is 20.4. The number of hydrogen-bond donors (Lipinski definition) is 2. The van der Waals surface area contributed by atoms with Gasteiger partial charge in [-0.25, -0.2) is 0 Å². The van der Waals surface area contributed by atoms with E-state index in [9.17, 15) is 15.0 Å². The van der Waals surface area contributed by atoms with Crippen molar-refractivity contribution < 1.29 is 34.0 Å². The first-order valence-corrected chi connectivity index (χ1v) is 12.9. The molecule has 2 fully saturated rings. The molecule has 7 nitrogen and oxygen atoms in total. The highest BCUT2D eigenvalue weighted by Gasteiger charge is 2.56. The number of aliphatic hydroxyl groups is 2. The summed E-state index contributed by atoms with van der Waals surface area (Å²) in [4.78, 5) is 11.9. The van der Waals surface area contributed by atoms with Crippen LogP contribution in [0.4, 0.5) is 0 Å². The Balaban J connectivity index is 1.42. The molecule has 32 heavy (non-hydrogen) atoms. The SMILES string of the molecule is CCCCCCCCCCCCCCCC(=O)OC[C@@H](O)[C@H]1O[C@@H]2OC(C)(C)O[C@@H]2[C@H]1O. The molecular formula is C25H46O7. The Morgan fingerprint density at radius 3 is 1.97 bits per heavy atom. The van der Waals surface area contributed by atoms with Gasteiger partial charge in [0.15, 0.2) is 12.1 Å². The fourth-order valence-electron chi connectivity index (χ4n) is 4.47. The summed E-state index contributed by atoms with van der Waals surface area (Å²) in [6.07, 6.45) is 12.3. The number of ether oxygens (including phenoxy) is 4. The zero-order valence-electron chi connectivity index (χ0n) is 20.4. The van der Waals surface area contributed by atoms with Crippen LogP contribution in [0.5, 0.6) is 0 Å². The van der Waals surface area contributed by atoms with Crippen LogP contribution in [0, 0.1) is 0 Å². The lowest BCUT2D eigenvalue weighted by atomic mass is 10.0. The highest BCUT2D eigenvalue weighted by atomic mass is 16.8. The molecule has 0 spiro atoms. The smallest absolute Gasteiger partial charge is 0.305 e. The van der Waals surface area contributed by atoms with Gasteiger partial charge in [0.1, 0.15) is 31.0 Å². The quantitative estimate of drug-likeness (QED) is 0.243. The van der Waals surface area contributed by atoms with Crippen LogP contribution in [0.2, 0.25) is 0 Å². The Morgan fingerprint density at radius 2 is 1.44 bits per heavy atom. The van der Waals surface area contributed by atoms with Crippen LogP contribution in [-0.2, 0) is 23.7 Å². The van der Waals surface area contributed by atoms with Gasteiger partial charge in [-0.05, 0) is 20.3 Å². The van der Waals surface area contributed by atoms with E-state index in [1.54, 1.807) is 13.8 Å². The minimum Gasteiger partial charge on any atom is -0.463 e. The van der Waals surface area contributed by atoms with Crippen molar-refractivity contribution in [2.24, 2.45) is 0 Å². The Labute approximate surface area is 194 Å². The van der Waals surface area contributed by atoms with Crippen LogP contribution in [0.1, 0.15) is 111 Å². The molecule has 0 unspecified atom stereocenters. The number of esters is 1. The molecule has 0 radical (unpaired) electrons. The molecule has 0 aromatic rings. The van der Waals surface area contributed by atoms with E-state index < -0.39 is 36.5 Å². The normalized spacial score (nSPS) is 27.4. The molecule has 0 aromatic heterocycles. The minimum atomic E-state index is -1.12. The lowest BCUT2D eigenvalue weighted by Gasteiger charge is -2.25. The van der Waals surface area contributed by atoms with Gasteiger partial charge in [-0.15, -0.1) is 0 Å². The maximum Gasteiger partial charge on any atom is 0.305 e. The van der Waals surface area contributed by atoms with Gasteiger partial charge in [-0.1, -0.05) is 84.0 Å². The number of unbranched alkanes of at least 4 members (excludes halogenated alkanes) is 12. The van der Waals surface area contributed by atoms with E-state index in [1.807, 2.05) is 0 Å². The first-order valence-electron chi connectivity index (χ1n) is 12.9. The van der Waals surface area contributed by atoms with E-state index in [-0.39, 0.29) is 12.6 Å². The van der Waals surface area contributed by atoms with Gasteiger partial charge in [-0.3, -0.25) is 4.79 Å². The Kier molecular flexibility index (Phi) is 12.5. The average Bonchev–Trinajstić information content (AvgIpc) is 3.22. The summed E-state index contributed by atoms with van der Waals surface area (Å²) < 4.78 is 21.9. The fraction of sp³-hybridized carbons (Fsp3) is 0.960. The third kappa shape index (κ3) is 9.64. The van der Waals surface area contributed by atoms with Gasteiger partial charge < -0.3 is 29.2 Å². The first-order chi connectivity index (χ1) is 15.3. The number of fused-ring (bicyclic) bond motifs is 1. The number of carbonyl (C=O) groups excluding carboxylic acids is 1. The second kappa shape index (κ2) is 14.5. The fourth-order valence-corrected chi connectivity index (χ4v) is 4.47. The second-order valence-corrected chi connectivity index (χ2v) is 9.80. The maximum absolute atomic E-state index is 11.9. The Morgan fingerprint density at radius 1 is 0.906 bits per heavy atom. The van der Waals surface area contributed by atoms with Crippen molar-refractivity contribution in [1.29, 1.82) is 0 Å². The summed E-state index contributed by atoms with van der Waals surface area (Å²) >= 11 is 0. The summed E-state index contributed by atoms with van der Waals surface area (Å²) in [5.41, 5.74) is 0. The van der Waals surface area contributed by atoms with Crippen molar-refractivity contribution in [1.82, 2.24) is 0 Å².